The SMILES string of the molecule is CN1CCN(C(=O)N(C#N)Cc2cccc(OCCC(=O)O)c2)CC1. The molecule has 1 saturated heterocycles. The number of amides is 2. The van der Waals surface area contributed by atoms with E-state index in [1.54, 1.807) is 29.2 Å². The summed E-state index contributed by atoms with van der Waals surface area (Å²) in [5.41, 5.74) is 0.747. The molecule has 1 heterocycles. The molecule has 0 spiro atoms. The predicted molar refractivity (Wildman–Crippen MR) is 89.8 cm³/mol. The maximum atomic E-state index is 12.5. The molecule has 1 aliphatic heterocycles. The second-order valence-corrected chi connectivity index (χ2v) is 5.90. The van der Waals surface area contributed by atoms with Crippen LogP contribution in [-0.4, -0.2) is 71.6 Å². The van der Waals surface area contributed by atoms with Crippen molar-refractivity contribution in [2.75, 3.05) is 39.8 Å². The number of rotatable bonds is 6. The van der Waals surface area contributed by atoms with E-state index in [0.717, 1.165) is 23.6 Å². The number of carboxylic acid groups (broad SMARTS) is 1. The highest BCUT2D eigenvalue weighted by atomic mass is 16.5. The van der Waals surface area contributed by atoms with Gasteiger partial charge < -0.3 is 19.6 Å². The van der Waals surface area contributed by atoms with E-state index in [1.165, 1.54) is 0 Å². The number of hydrogen-bond donors (Lipinski definition) is 1. The minimum absolute atomic E-state index is 0.0704. The fourth-order valence-corrected chi connectivity index (χ4v) is 2.49. The molecule has 1 fully saturated rings. The molecule has 0 atom stereocenters. The van der Waals surface area contributed by atoms with Gasteiger partial charge in [-0.05, 0) is 24.7 Å². The number of aliphatic carboxylic acids is 1. The summed E-state index contributed by atoms with van der Waals surface area (Å²) in [5, 5.41) is 18.0. The van der Waals surface area contributed by atoms with Gasteiger partial charge in [0, 0.05) is 26.2 Å². The van der Waals surface area contributed by atoms with Gasteiger partial charge in [-0.1, -0.05) is 12.1 Å². The molecule has 0 aromatic heterocycles. The van der Waals surface area contributed by atoms with Gasteiger partial charge in [0.2, 0.25) is 0 Å². The zero-order valence-electron chi connectivity index (χ0n) is 14.2. The van der Waals surface area contributed by atoms with E-state index < -0.39 is 5.97 Å². The van der Waals surface area contributed by atoms with Gasteiger partial charge in [-0.2, -0.15) is 5.26 Å². The van der Waals surface area contributed by atoms with Gasteiger partial charge in [0.25, 0.3) is 0 Å². The number of carbonyl (C=O) groups excluding carboxylic acids is 1. The molecule has 0 unspecified atom stereocenters. The number of nitrogens with zero attached hydrogens (tertiary/aromatic N) is 4. The minimum atomic E-state index is -0.926. The fourth-order valence-electron chi connectivity index (χ4n) is 2.49. The lowest BCUT2D eigenvalue weighted by Crippen LogP contribution is -2.50. The van der Waals surface area contributed by atoms with Crippen LogP contribution in [0.1, 0.15) is 12.0 Å². The number of urea groups is 1. The predicted octanol–water partition coefficient (Wildman–Crippen LogP) is 1.19. The van der Waals surface area contributed by atoms with Gasteiger partial charge in [0.05, 0.1) is 19.6 Å². The molecule has 8 heteroatoms. The Morgan fingerprint density at radius 2 is 2.04 bits per heavy atom. The molecule has 2 amide bonds. The average Bonchev–Trinajstić information content (AvgIpc) is 2.60. The molecule has 1 aromatic carbocycles. The van der Waals surface area contributed by atoms with Crippen molar-refractivity contribution in [1.29, 1.82) is 5.26 Å². The largest absolute Gasteiger partial charge is 0.493 e. The van der Waals surface area contributed by atoms with E-state index >= 15 is 0 Å². The second kappa shape index (κ2) is 8.89. The molecule has 2 rings (SSSR count). The lowest BCUT2D eigenvalue weighted by Gasteiger charge is -2.33. The Kier molecular flexibility index (Phi) is 6.60. The number of carboxylic acids is 1. The second-order valence-electron chi connectivity index (χ2n) is 5.90. The Balaban J connectivity index is 1.95. The Morgan fingerprint density at radius 3 is 2.68 bits per heavy atom. The lowest BCUT2D eigenvalue weighted by atomic mass is 10.2. The molecular formula is C17H22N4O4. The monoisotopic (exact) mass is 346 g/mol. The highest BCUT2D eigenvalue weighted by Gasteiger charge is 2.24. The molecule has 134 valence electrons. The fraction of sp³-hybridized carbons (Fsp3) is 0.471. The summed E-state index contributed by atoms with van der Waals surface area (Å²) in [4.78, 5) is 27.9. The summed E-state index contributed by atoms with van der Waals surface area (Å²) in [5.74, 6) is -0.409. The van der Waals surface area contributed by atoms with Gasteiger partial charge in [0.15, 0.2) is 6.19 Å². The highest BCUT2D eigenvalue weighted by Crippen LogP contribution is 2.16. The van der Waals surface area contributed by atoms with Crippen LogP contribution in [0.15, 0.2) is 24.3 Å². The van der Waals surface area contributed by atoms with Crippen molar-refractivity contribution >= 4 is 12.0 Å². The Hall–Kier alpha value is -2.79. The minimum Gasteiger partial charge on any atom is -0.493 e. The standard InChI is InChI=1S/C17H22N4O4/c1-19-6-8-20(9-7-19)17(24)21(13-18)12-14-3-2-4-15(11-14)25-10-5-16(22)23/h2-4,11H,5-10,12H2,1H3,(H,22,23). The van der Waals surface area contributed by atoms with Crippen molar-refractivity contribution in [2.45, 2.75) is 13.0 Å². The molecule has 1 aromatic rings. The van der Waals surface area contributed by atoms with Crippen molar-refractivity contribution in [2.24, 2.45) is 0 Å². The van der Waals surface area contributed by atoms with Crippen LogP contribution in [0, 0.1) is 11.5 Å². The number of hydrogen-bond acceptors (Lipinski definition) is 5. The van der Waals surface area contributed by atoms with Crippen LogP contribution in [0.3, 0.4) is 0 Å². The Morgan fingerprint density at radius 1 is 1.32 bits per heavy atom. The third-order valence-electron chi connectivity index (χ3n) is 3.95. The first-order valence-electron chi connectivity index (χ1n) is 8.08. The van der Waals surface area contributed by atoms with Crippen LogP contribution in [0.5, 0.6) is 5.75 Å². The maximum absolute atomic E-state index is 12.5. The third kappa shape index (κ3) is 5.65. The molecule has 1 aliphatic rings. The summed E-state index contributed by atoms with van der Waals surface area (Å²) in [6.07, 6.45) is 1.86. The first kappa shape index (κ1) is 18.5. The molecule has 0 saturated carbocycles. The smallest absolute Gasteiger partial charge is 0.333 e. The van der Waals surface area contributed by atoms with Crippen LogP contribution in [0.2, 0.25) is 0 Å². The van der Waals surface area contributed by atoms with Crippen LogP contribution in [-0.2, 0) is 11.3 Å². The van der Waals surface area contributed by atoms with Crippen molar-refractivity contribution < 1.29 is 19.4 Å². The molecule has 0 radical (unpaired) electrons. The summed E-state index contributed by atoms with van der Waals surface area (Å²) in [6.45, 7) is 3.01. The molecule has 8 nitrogen and oxygen atoms in total. The van der Waals surface area contributed by atoms with E-state index in [4.69, 9.17) is 9.84 Å². The van der Waals surface area contributed by atoms with E-state index in [0.29, 0.717) is 18.8 Å². The number of nitriles is 1. The Labute approximate surface area is 146 Å². The van der Waals surface area contributed by atoms with Crippen LogP contribution in [0.4, 0.5) is 4.79 Å². The van der Waals surface area contributed by atoms with Gasteiger partial charge in [-0.25, -0.2) is 9.69 Å². The van der Waals surface area contributed by atoms with Crippen LogP contribution >= 0.6 is 0 Å². The highest BCUT2D eigenvalue weighted by molar-refractivity contribution is 5.76. The van der Waals surface area contributed by atoms with E-state index in [-0.39, 0.29) is 25.6 Å². The van der Waals surface area contributed by atoms with E-state index in [2.05, 4.69) is 4.90 Å². The Bertz CT molecular complexity index is 650. The molecule has 0 bridgehead atoms. The zero-order chi connectivity index (χ0) is 18.2. The normalized spacial score (nSPS) is 14.6. The molecule has 0 aliphatic carbocycles. The lowest BCUT2D eigenvalue weighted by molar-refractivity contribution is -0.137. The quantitative estimate of drug-likeness (QED) is 0.614. The first-order valence-corrected chi connectivity index (χ1v) is 8.08. The topological polar surface area (TPSA) is 97.1 Å². The van der Waals surface area contributed by atoms with Crippen molar-refractivity contribution in [3.8, 4) is 11.9 Å². The van der Waals surface area contributed by atoms with E-state index in [1.807, 2.05) is 13.2 Å². The molecule has 1 N–H and O–H groups in total. The maximum Gasteiger partial charge on any atom is 0.333 e. The van der Waals surface area contributed by atoms with Crippen LogP contribution < -0.4 is 4.74 Å². The number of likely N-dealkylation sites (N-methyl/N-ethyl adjacent to an activating group) is 1. The van der Waals surface area contributed by atoms with Gasteiger partial charge in [-0.3, -0.25) is 4.79 Å². The zero-order valence-corrected chi connectivity index (χ0v) is 14.2. The first-order chi connectivity index (χ1) is 12.0. The number of carbonyl (C=O) groups is 2. The van der Waals surface area contributed by atoms with Crippen LogP contribution in [0.25, 0.3) is 0 Å². The van der Waals surface area contributed by atoms with Gasteiger partial charge >= 0.3 is 12.0 Å². The number of piperazine rings is 1. The average molecular weight is 346 g/mol. The molecular weight excluding hydrogens is 324 g/mol. The van der Waals surface area contributed by atoms with E-state index in [9.17, 15) is 14.9 Å². The van der Waals surface area contributed by atoms with Crippen molar-refractivity contribution in [3.63, 3.8) is 0 Å². The number of ether oxygens (including phenoxy) is 1. The number of benzene rings is 1. The van der Waals surface area contributed by atoms with Crippen molar-refractivity contribution in [3.05, 3.63) is 29.8 Å². The third-order valence-corrected chi connectivity index (χ3v) is 3.95. The summed E-state index contributed by atoms with van der Waals surface area (Å²) >= 11 is 0. The summed E-state index contributed by atoms with van der Waals surface area (Å²) in [6, 6.07) is 6.67. The summed E-state index contributed by atoms with van der Waals surface area (Å²) in [7, 11) is 2.00. The molecule has 25 heavy (non-hydrogen) atoms. The van der Waals surface area contributed by atoms with Gasteiger partial charge in [-0.15, -0.1) is 0 Å². The van der Waals surface area contributed by atoms with Gasteiger partial charge in [0.1, 0.15) is 5.75 Å². The van der Waals surface area contributed by atoms with Crippen molar-refractivity contribution in [1.82, 2.24) is 14.7 Å². The summed E-state index contributed by atoms with van der Waals surface area (Å²) < 4.78 is 5.38.